The van der Waals surface area contributed by atoms with E-state index in [9.17, 15) is 15.0 Å². The summed E-state index contributed by atoms with van der Waals surface area (Å²) >= 11 is 7.42. The van der Waals surface area contributed by atoms with Crippen molar-refractivity contribution in [3.63, 3.8) is 0 Å². The number of aliphatic hydroxyl groups excluding tert-OH is 1. The van der Waals surface area contributed by atoms with Crippen LogP contribution in [0.3, 0.4) is 0 Å². The topological polar surface area (TPSA) is 69.6 Å². The Bertz CT molecular complexity index is 459. The first-order valence-electron chi connectivity index (χ1n) is 6.94. The van der Waals surface area contributed by atoms with Crippen molar-refractivity contribution in [3.8, 4) is 0 Å². The molecule has 1 atom stereocenters. The fourth-order valence-electron chi connectivity index (χ4n) is 2.28. The Morgan fingerprint density at radius 3 is 2.75 bits per heavy atom. The highest BCUT2D eigenvalue weighted by Gasteiger charge is 2.44. The van der Waals surface area contributed by atoms with Crippen LogP contribution in [0.5, 0.6) is 0 Å². The summed E-state index contributed by atoms with van der Waals surface area (Å²) in [6, 6.07) is 3.90. The van der Waals surface area contributed by atoms with Crippen molar-refractivity contribution < 1.29 is 15.0 Å². The number of thiophene rings is 1. The van der Waals surface area contributed by atoms with Crippen LogP contribution in [0.4, 0.5) is 0 Å². The van der Waals surface area contributed by atoms with Crippen molar-refractivity contribution in [2.24, 2.45) is 0 Å². The average molecular weight is 318 g/mol. The van der Waals surface area contributed by atoms with Gasteiger partial charge in [0.25, 0.3) is 5.91 Å². The smallest absolute Gasteiger partial charge is 0.251 e. The highest BCUT2D eigenvalue weighted by Crippen LogP contribution is 2.34. The predicted molar refractivity (Wildman–Crippen MR) is 80.1 cm³/mol. The number of carbonyl (C=O) groups excluding carboxylic acids is 1. The number of rotatable bonds is 7. The maximum atomic E-state index is 11.7. The van der Waals surface area contributed by atoms with Crippen molar-refractivity contribution in [1.29, 1.82) is 0 Å². The molecule has 0 aromatic carbocycles. The molecule has 0 aliphatic heterocycles. The Morgan fingerprint density at radius 2 is 2.20 bits per heavy atom. The molecule has 1 aromatic rings. The molecule has 1 aliphatic carbocycles. The molecule has 6 heteroatoms. The van der Waals surface area contributed by atoms with Gasteiger partial charge in [-0.25, -0.2) is 0 Å². The van der Waals surface area contributed by atoms with Gasteiger partial charge in [-0.05, 0) is 50.7 Å². The monoisotopic (exact) mass is 317 g/mol. The van der Waals surface area contributed by atoms with Crippen LogP contribution in [0.2, 0.25) is 4.34 Å². The SMILES string of the molecule is O=C(NCCCCc1ccc(Cl)s1)C(O)C1(O)CCC1. The maximum absolute atomic E-state index is 11.7. The van der Waals surface area contributed by atoms with Crippen LogP contribution < -0.4 is 5.32 Å². The standard InChI is InChI=1S/C14H20ClNO3S/c15-11-6-5-10(20-11)4-1-2-9-16-13(18)12(17)14(19)7-3-8-14/h5-6,12,17,19H,1-4,7-9H2,(H,16,18). The minimum atomic E-state index is -1.30. The van der Waals surface area contributed by atoms with Crippen LogP contribution in [0, 0.1) is 0 Å². The lowest BCUT2D eigenvalue weighted by Crippen LogP contribution is -2.55. The largest absolute Gasteiger partial charge is 0.387 e. The number of aliphatic hydroxyl groups is 2. The van der Waals surface area contributed by atoms with Gasteiger partial charge in [-0.2, -0.15) is 0 Å². The van der Waals surface area contributed by atoms with Crippen molar-refractivity contribution >= 4 is 28.8 Å². The van der Waals surface area contributed by atoms with Gasteiger partial charge in [0, 0.05) is 11.4 Å². The van der Waals surface area contributed by atoms with E-state index in [4.69, 9.17) is 11.6 Å². The zero-order chi connectivity index (χ0) is 14.6. The summed E-state index contributed by atoms with van der Waals surface area (Å²) < 4.78 is 0.796. The molecule has 112 valence electrons. The number of hydrogen-bond donors (Lipinski definition) is 3. The normalized spacial score (nSPS) is 18.4. The van der Waals surface area contributed by atoms with Gasteiger partial charge < -0.3 is 15.5 Å². The first-order chi connectivity index (χ1) is 9.51. The minimum absolute atomic E-state index is 0.466. The lowest BCUT2D eigenvalue weighted by atomic mass is 9.76. The van der Waals surface area contributed by atoms with Gasteiger partial charge in [0.05, 0.1) is 9.94 Å². The molecular formula is C14H20ClNO3S. The number of carbonyl (C=O) groups is 1. The molecule has 20 heavy (non-hydrogen) atoms. The quantitative estimate of drug-likeness (QED) is 0.675. The van der Waals surface area contributed by atoms with Crippen molar-refractivity contribution in [2.45, 2.75) is 50.2 Å². The van der Waals surface area contributed by atoms with E-state index < -0.39 is 17.6 Å². The van der Waals surface area contributed by atoms with Gasteiger partial charge in [-0.1, -0.05) is 11.6 Å². The molecule has 1 amide bonds. The number of aryl methyl sites for hydroxylation is 1. The average Bonchev–Trinajstić information content (AvgIpc) is 2.80. The van der Waals surface area contributed by atoms with Crippen LogP contribution in [0.25, 0.3) is 0 Å². The minimum Gasteiger partial charge on any atom is -0.387 e. The van der Waals surface area contributed by atoms with Gasteiger partial charge in [0.2, 0.25) is 0 Å². The van der Waals surface area contributed by atoms with Gasteiger partial charge in [-0.15, -0.1) is 11.3 Å². The summed E-state index contributed by atoms with van der Waals surface area (Å²) in [4.78, 5) is 12.9. The molecule has 1 heterocycles. The van der Waals surface area contributed by atoms with Crippen molar-refractivity contribution in [1.82, 2.24) is 5.32 Å². The van der Waals surface area contributed by atoms with E-state index in [1.165, 1.54) is 4.88 Å². The lowest BCUT2D eigenvalue weighted by Gasteiger charge is -2.39. The van der Waals surface area contributed by atoms with Crippen LogP contribution in [-0.2, 0) is 11.2 Å². The summed E-state index contributed by atoms with van der Waals surface area (Å²) in [7, 11) is 0. The first-order valence-corrected chi connectivity index (χ1v) is 8.13. The second-order valence-corrected chi connectivity index (χ2v) is 7.11. The summed E-state index contributed by atoms with van der Waals surface area (Å²) in [5, 5.41) is 22.3. The molecular weight excluding hydrogens is 298 g/mol. The highest BCUT2D eigenvalue weighted by atomic mass is 35.5. The maximum Gasteiger partial charge on any atom is 0.251 e. The Hall–Kier alpha value is -0.620. The molecule has 0 saturated heterocycles. The van der Waals surface area contributed by atoms with E-state index in [-0.39, 0.29) is 0 Å². The molecule has 1 fully saturated rings. The molecule has 1 aromatic heterocycles. The second kappa shape index (κ2) is 6.89. The Labute approximate surface area is 127 Å². The predicted octanol–water partition coefficient (Wildman–Crippen LogP) is 2.12. The molecule has 0 radical (unpaired) electrons. The number of halogens is 1. The van der Waals surface area contributed by atoms with Crippen molar-refractivity contribution in [3.05, 3.63) is 21.3 Å². The zero-order valence-corrected chi connectivity index (χ0v) is 12.8. The van der Waals surface area contributed by atoms with Gasteiger partial charge >= 0.3 is 0 Å². The van der Waals surface area contributed by atoms with E-state index in [1.54, 1.807) is 11.3 Å². The molecule has 1 unspecified atom stereocenters. The van der Waals surface area contributed by atoms with Crippen molar-refractivity contribution in [2.75, 3.05) is 6.54 Å². The van der Waals surface area contributed by atoms with Crippen LogP contribution in [0.1, 0.15) is 37.0 Å². The Balaban J connectivity index is 1.59. The van der Waals surface area contributed by atoms with Gasteiger partial charge in [0.1, 0.15) is 0 Å². The van der Waals surface area contributed by atoms with E-state index in [1.807, 2.05) is 12.1 Å². The van der Waals surface area contributed by atoms with E-state index in [0.29, 0.717) is 19.4 Å². The lowest BCUT2D eigenvalue weighted by molar-refractivity contribution is -0.158. The van der Waals surface area contributed by atoms with Gasteiger partial charge in [-0.3, -0.25) is 4.79 Å². The Kier molecular flexibility index (Phi) is 5.43. The van der Waals surface area contributed by atoms with E-state index in [0.717, 1.165) is 30.0 Å². The van der Waals surface area contributed by atoms with Gasteiger partial charge in [0.15, 0.2) is 6.10 Å². The molecule has 4 nitrogen and oxygen atoms in total. The second-order valence-electron chi connectivity index (χ2n) is 5.31. The summed E-state index contributed by atoms with van der Waals surface area (Å²) in [6.45, 7) is 0.519. The molecule has 3 N–H and O–H groups in total. The van der Waals surface area contributed by atoms with E-state index in [2.05, 4.69) is 5.32 Å². The van der Waals surface area contributed by atoms with Crippen LogP contribution in [-0.4, -0.2) is 34.4 Å². The zero-order valence-electron chi connectivity index (χ0n) is 11.3. The molecule has 1 saturated carbocycles. The first kappa shape index (κ1) is 15.8. The number of unbranched alkanes of at least 4 members (excludes halogenated alkanes) is 1. The third kappa shape index (κ3) is 3.95. The molecule has 2 rings (SSSR count). The molecule has 0 spiro atoms. The number of hydrogen-bond acceptors (Lipinski definition) is 4. The summed E-state index contributed by atoms with van der Waals surface area (Å²) in [5.41, 5.74) is -1.20. The number of nitrogens with one attached hydrogen (secondary N) is 1. The molecule has 1 aliphatic rings. The summed E-state index contributed by atoms with van der Waals surface area (Å²) in [6.07, 6.45) is 3.31. The molecule has 0 bridgehead atoms. The number of amides is 1. The fraction of sp³-hybridized carbons (Fsp3) is 0.643. The highest BCUT2D eigenvalue weighted by molar-refractivity contribution is 7.16. The van der Waals surface area contributed by atoms with Crippen LogP contribution in [0.15, 0.2) is 12.1 Å². The third-order valence-corrected chi connectivity index (χ3v) is 5.05. The Morgan fingerprint density at radius 1 is 1.45 bits per heavy atom. The van der Waals surface area contributed by atoms with Crippen LogP contribution >= 0.6 is 22.9 Å². The third-order valence-electron chi connectivity index (χ3n) is 3.75. The summed E-state index contributed by atoms with van der Waals surface area (Å²) in [5.74, 6) is -0.466. The fourth-order valence-corrected chi connectivity index (χ4v) is 3.40. The van der Waals surface area contributed by atoms with E-state index >= 15 is 0 Å².